The SMILES string of the molecule is CCOCC(O)CC1CC(C)CCC1=O. The number of ketones is 1. The minimum absolute atomic E-state index is 0.0595. The summed E-state index contributed by atoms with van der Waals surface area (Å²) in [6, 6.07) is 0. The van der Waals surface area contributed by atoms with Crippen molar-refractivity contribution >= 4 is 5.78 Å². The molecule has 0 saturated heterocycles. The normalized spacial score (nSPS) is 29.1. The second kappa shape index (κ2) is 6.23. The zero-order valence-corrected chi connectivity index (χ0v) is 9.74. The van der Waals surface area contributed by atoms with Gasteiger partial charge in [0, 0.05) is 18.9 Å². The molecule has 0 aliphatic heterocycles. The smallest absolute Gasteiger partial charge is 0.136 e. The van der Waals surface area contributed by atoms with Crippen LogP contribution >= 0.6 is 0 Å². The number of aliphatic hydroxyl groups excluding tert-OH is 1. The molecule has 15 heavy (non-hydrogen) atoms. The molecule has 1 aliphatic rings. The Morgan fingerprint density at radius 1 is 1.60 bits per heavy atom. The summed E-state index contributed by atoms with van der Waals surface area (Å²) in [6.45, 7) is 5.05. The van der Waals surface area contributed by atoms with Crippen molar-refractivity contribution in [2.45, 2.75) is 45.6 Å². The van der Waals surface area contributed by atoms with Gasteiger partial charge >= 0.3 is 0 Å². The Morgan fingerprint density at radius 2 is 2.33 bits per heavy atom. The minimum Gasteiger partial charge on any atom is -0.391 e. The fourth-order valence-corrected chi connectivity index (χ4v) is 2.21. The standard InChI is InChI=1S/C12H22O3/c1-3-15-8-11(13)7-10-6-9(2)4-5-12(10)14/h9-11,13H,3-8H2,1-2H3. The summed E-state index contributed by atoms with van der Waals surface area (Å²) in [5.41, 5.74) is 0. The highest BCUT2D eigenvalue weighted by atomic mass is 16.5. The van der Waals surface area contributed by atoms with Gasteiger partial charge < -0.3 is 9.84 Å². The quantitative estimate of drug-likeness (QED) is 0.758. The first kappa shape index (κ1) is 12.7. The number of carbonyl (C=O) groups is 1. The van der Waals surface area contributed by atoms with E-state index in [0.29, 0.717) is 37.8 Å². The Morgan fingerprint density at radius 3 is 3.00 bits per heavy atom. The Balaban J connectivity index is 2.31. The van der Waals surface area contributed by atoms with Gasteiger partial charge in [-0.3, -0.25) is 4.79 Å². The number of hydrogen-bond acceptors (Lipinski definition) is 3. The molecule has 1 aliphatic carbocycles. The van der Waals surface area contributed by atoms with Crippen LogP contribution in [0.2, 0.25) is 0 Å². The van der Waals surface area contributed by atoms with Crippen molar-refractivity contribution in [1.29, 1.82) is 0 Å². The second-order valence-corrected chi connectivity index (χ2v) is 4.59. The molecular weight excluding hydrogens is 192 g/mol. The summed E-state index contributed by atoms with van der Waals surface area (Å²) in [5.74, 6) is 1.000. The maximum Gasteiger partial charge on any atom is 0.136 e. The summed E-state index contributed by atoms with van der Waals surface area (Å²) in [7, 11) is 0. The first-order chi connectivity index (χ1) is 7.13. The van der Waals surface area contributed by atoms with Crippen LogP contribution in [0.25, 0.3) is 0 Å². The van der Waals surface area contributed by atoms with E-state index in [1.165, 1.54) is 0 Å². The molecule has 0 aromatic heterocycles. The number of ether oxygens (including phenoxy) is 1. The summed E-state index contributed by atoms with van der Waals surface area (Å²) in [6.07, 6.45) is 2.72. The number of aliphatic hydroxyl groups is 1. The predicted molar refractivity (Wildman–Crippen MR) is 58.6 cm³/mol. The van der Waals surface area contributed by atoms with Gasteiger partial charge in [-0.1, -0.05) is 6.92 Å². The van der Waals surface area contributed by atoms with Crippen LogP contribution in [0, 0.1) is 11.8 Å². The van der Waals surface area contributed by atoms with Gasteiger partial charge in [0.25, 0.3) is 0 Å². The molecule has 3 unspecified atom stereocenters. The van der Waals surface area contributed by atoms with E-state index in [1.54, 1.807) is 0 Å². The summed E-state index contributed by atoms with van der Waals surface area (Å²) in [4.78, 5) is 11.6. The van der Waals surface area contributed by atoms with Crippen LogP contribution in [-0.4, -0.2) is 30.2 Å². The number of hydrogen-bond donors (Lipinski definition) is 1. The molecule has 0 heterocycles. The lowest BCUT2D eigenvalue weighted by atomic mass is 9.79. The van der Waals surface area contributed by atoms with Crippen molar-refractivity contribution in [2.75, 3.05) is 13.2 Å². The van der Waals surface area contributed by atoms with Crippen LogP contribution in [0.4, 0.5) is 0 Å². The zero-order chi connectivity index (χ0) is 11.3. The van der Waals surface area contributed by atoms with E-state index in [9.17, 15) is 9.90 Å². The Kier molecular flexibility index (Phi) is 5.26. The first-order valence-corrected chi connectivity index (χ1v) is 5.92. The van der Waals surface area contributed by atoms with Gasteiger partial charge in [0.15, 0.2) is 0 Å². The van der Waals surface area contributed by atoms with Crippen molar-refractivity contribution in [3.63, 3.8) is 0 Å². The van der Waals surface area contributed by atoms with E-state index in [2.05, 4.69) is 6.92 Å². The average Bonchev–Trinajstić information content (AvgIpc) is 2.20. The lowest BCUT2D eigenvalue weighted by Crippen LogP contribution is -2.29. The number of carbonyl (C=O) groups excluding carboxylic acids is 1. The first-order valence-electron chi connectivity index (χ1n) is 5.92. The van der Waals surface area contributed by atoms with Crippen LogP contribution < -0.4 is 0 Å². The third-order valence-electron chi connectivity index (χ3n) is 3.10. The van der Waals surface area contributed by atoms with E-state index in [0.717, 1.165) is 12.8 Å². The van der Waals surface area contributed by atoms with Gasteiger partial charge in [0.2, 0.25) is 0 Å². The third kappa shape index (κ3) is 4.31. The average molecular weight is 214 g/mol. The fraction of sp³-hybridized carbons (Fsp3) is 0.917. The molecule has 0 amide bonds. The van der Waals surface area contributed by atoms with E-state index < -0.39 is 6.10 Å². The molecule has 88 valence electrons. The van der Waals surface area contributed by atoms with Gasteiger partial charge in [-0.2, -0.15) is 0 Å². The Labute approximate surface area is 91.8 Å². The molecule has 3 heteroatoms. The topological polar surface area (TPSA) is 46.5 Å². The van der Waals surface area contributed by atoms with Gasteiger partial charge in [0.1, 0.15) is 5.78 Å². The summed E-state index contributed by atoms with van der Waals surface area (Å²) in [5, 5.41) is 9.66. The van der Waals surface area contributed by atoms with Crippen molar-refractivity contribution in [3.05, 3.63) is 0 Å². The van der Waals surface area contributed by atoms with Crippen molar-refractivity contribution in [2.24, 2.45) is 11.8 Å². The van der Waals surface area contributed by atoms with Crippen LogP contribution in [0.3, 0.4) is 0 Å². The summed E-state index contributed by atoms with van der Waals surface area (Å²) < 4.78 is 5.14. The highest BCUT2D eigenvalue weighted by Crippen LogP contribution is 2.28. The van der Waals surface area contributed by atoms with Crippen molar-refractivity contribution < 1.29 is 14.6 Å². The lowest BCUT2D eigenvalue weighted by molar-refractivity contribution is -0.127. The molecular formula is C12H22O3. The molecule has 0 bridgehead atoms. The molecule has 0 aromatic carbocycles. The van der Waals surface area contributed by atoms with E-state index in [-0.39, 0.29) is 5.92 Å². The summed E-state index contributed by atoms with van der Waals surface area (Å²) >= 11 is 0. The molecule has 0 spiro atoms. The van der Waals surface area contributed by atoms with Crippen LogP contribution in [0.5, 0.6) is 0 Å². The second-order valence-electron chi connectivity index (χ2n) is 4.59. The number of rotatable bonds is 5. The molecule has 1 rings (SSSR count). The molecule has 1 N–H and O–H groups in total. The number of Topliss-reactive ketones (excluding diaryl/α,β-unsaturated/α-hetero) is 1. The lowest BCUT2D eigenvalue weighted by Gasteiger charge is -2.27. The Hall–Kier alpha value is -0.410. The third-order valence-corrected chi connectivity index (χ3v) is 3.10. The highest BCUT2D eigenvalue weighted by Gasteiger charge is 2.28. The van der Waals surface area contributed by atoms with Crippen molar-refractivity contribution in [3.8, 4) is 0 Å². The van der Waals surface area contributed by atoms with E-state index >= 15 is 0 Å². The van der Waals surface area contributed by atoms with Crippen LogP contribution in [0.1, 0.15) is 39.5 Å². The van der Waals surface area contributed by atoms with Gasteiger partial charge in [-0.15, -0.1) is 0 Å². The molecule has 0 radical (unpaired) electrons. The van der Waals surface area contributed by atoms with Gasteiger partial charge in [0.05, 0.1) is 12.7 Å². The molecule has 0 aromatic rings. The van der Waals surface area contributed by atoms with E-state index in [4.69, 9.17) is 4.74 Å². The molecule has 1 fully saturated rings. The molecule has 3 nitrogen and oxygen atoms in total. The maximum atomic E-state index is 11.6. The van der Waals surface area contributed by atoms with Gasteiger partial charge in [-0.05, 0) is 32.1 Å². The molecule has 1 saturated carbocycles. The van der Waals surface area contributed by atoms with Crippen LogP contribution in [0.15, 0.2) is 0 Å². The van der Waals surface area contributed by atoms with Crippen LogP contribution in [-0.2, 0) is 9.53 Å². The van der Waals surface area contributed by atoms with Gasteiger partial charge in [-0.25, -0.2) is 0 Å². The maximum absolute atomic E-state index is 11.6. The zero-order valence-electron chi connectivity index (χ0n) is 9.74. The predicted octanol–water partition coefficient (Wildman–Crippen LogP) is 1.78. The molecule has 3 atom stereocenters. The van der Waals surface area contributed by atoms with E-state index in [1.807, 2.05) is 6.92 Å². The largest absolute Gasteiger partial charge is 0.391 e. The Bertz CT molecular complexity index is 203. The highest BCUT2D eigenvalue weighted by molar-refractivity contribution is 5.81. The minimum atomic E-state index is -0.482. The van der Waals surface area contributed by atoms with Crippen molar-refractivity contribution in [1.82, 2.24) is 0 Å². The monoisotopic (exact) mass is 214 g/mol. The fourth-order valence-electron chi connectivity index (χ4n) is 2.21.